The smallest absolute Gasteiger partial charge is 0.280 e. The lowest BCUT2D eigenvalue weighted by atomic mass is 10.1. The van der Waals surface area contributed by atoms with E-state index in [4.69, 9.17) is 9.57 Å². The number of ether oxygens (including phenoxy) is 1. The number of hydrogen-bond acceptors (Lipinski definition) is 9. The number of thiazole rings is 1. The largest absolute Gasteiger partial charge is 0.389 e. The van der Waals surface area contributed by atoms with Crippen LogP contribution in [0, 0.1) is 5.13 Å². The first-order valence-corrected chi connectivity index (χ1v) is 11.8. The Hall–Kier alpha value is -3.16. The van der Waals surface area contributed by atoms with Crippen LogP contribution in [-0.2, 0) is 30.8 Å². The molecule has 0 bridgehead atoms. The van der Waals surface area contributed by atoms with Gasteiger partial charge in [0, 0.05) is 25.5 Å². The number of rotatable bonds is 11. The maximum absolute atomic E-state index is 13.2. The predicted octanol–water partition coefficient (Wildman–Crippen LogP) is 2.38. The minimum atomic E-state index is -3.50. The molecule has 1 aromatic carbocycles. The van der Waals surface area contributed by atoms with E-state index < -0.39 is 20.9 Å². The number of aromatic amines is 1. The van der Waals surface area contributed by atoms with Crippen molar-refractivity contribution in [2.24, 2.45) is 5.16 Å². The van der Waals surface area contributed by atoms with Gasteiger partial charge in [0.25, 0.3) is 5.91 Å². The molecule has 0 spiro atoms. The normalized spacial score (nSPS) is 12.0. The molecule has 0 saturated carbocycles. The van der Waals surface area contributed by atoms with Crippen molar-refractivity contribution >= 4 is 37.9 Å². The van der Waals surface area contributed by atoms with Gasteiger partial charge < -0.3 is 9.57 Å². The number of sulfone groups is 1. The van der Waals surface area contributed by atoms with Gasteiger partial charge in [0.05, 0.1) is 16.8 Å². The van der Waals surface area contributed by atoms with Crippen LogP contribution in [-0.4, -0.2) is 54.7 Å². The van der Waals surface area contributed by atoms with Crippen molar-refractivity contribution in [2.75, 3.05) is 24.8 Å². The van der Waals surface area contributed by atoms with Crippen LogP contribution in [0.4, 0.5) is 9.52 Å². The number of oxime groups is 1. The molecule has 0 aliphatic heterocycles. The van der Waals surface area contributed by atoms with Crippen molar-refractivity contribution in [3.63, 3.8) is 0 Å². The zero-order chi connectivity index (χ0) is 23.0. The zero-order valence-corrected chi connectivity index (χ0v) is 18.6. The van der Waals surface area contributed by atoms with Crippen LogP contribution in [0.3, 0.4) is 0 Å². The first kappa shape index (κ1) is 23.5. The summed E-state index contributed by atoms with van der Waals surface area (Å²) in [6.07, 6.45) is 2.95. The summed E-state index contributed by atoms with van der Waals surface area (Å²) >= 11 is 0.657. The second kappa shape index (κ2) is 10.9. The Morgan fingerprint density at radius 1 is 1.28 bits per heavy atom. The van der Waals surface area contributed by atoms with Crippen LogP contribution in [0.5, 0.6) is 0 Å². The second-order valence-corrected chi connectivity index (χ2v) is 9.48. The number of anilines is 1. The number of carbonyl (C=O) groups is 1. The minimum absolute atomic E-state index is 0.00186. The third kappa shape index (κ3) is 6.42. The van der Waals surface area contributed by atoms with Crippen LogP contribution in [0.25, 0.3) is 0 Å². The minimum Gasteiger partial charge on any atom is -0.389 e. The third-order valence-electron chi connectivity index (χ3n) is 4.09. The number of methoxy groups -OCH3 is 1. The number of hydrogen-bond donors (Lipinski definition) is 2. The molecule has 0 aliphatic carbocycles. The van der Waals surface area contributed by atoms with E-state index in [1.165, 1.54) is 31.4 Å². The average Bonchev–Trinajstić information content (AvgIpc) is 3.43. The molecular weight excluding hydrogens is 461 g/mol. The lowest BCUT2D eigenvalue weighted by Gasteiger charge is -2.08. The molecule has 0 saturated heterocycles. The van der Waals surface area contributed by atoms with Crippen molar-refractivity contribution in [3.05, 3.63) is 59.1 Å². The predicted molar refractivity (Wildman–Crippen MR) is 116 cm³/mol. The number of amides is 1. The van der Waals surface area contributed by atoms with Crippen molar-refractivity contribution in [1.82, 2.24) is 15.2 Å². The van der Waals surface area contributed by atoms with E-state index in [1.54, 1.807) is 12.3 Å². The Morgan fingerprint density at radius 2 is 2.06 bits per heavy atom. The van der Waals surface area contributed by atoms with Crippen molar-refractivity contribution in [1.29, 1.82) is 0 Å². The van der Waals surface area contributed by atoms with E-state index in [2.05, 4.69) is 25.7 Å². The molecule has 0 fully saturated rings. The van der Waals surface area contributed by atoms with Gasteiger partial charge in [-0.3, -0.25) is 15.2 Å². The Bertz CT molecular complexity index is 1160. The van der Waals surface area contributed by atoms with Gasteiger partial charge in [-0.05, 0) is 24.6 Å². The number of nitrogens with zero attached hydrogens (tertiary/aromatic N) is 3. The maximum atomic E-state index is 13.2. The maximum Gasteiger partial charge on any atom is 0.280 e. The van der Waals surface area contributed by atoms with Gasteiger partial charge in [0.15, 0.2) is 32.4 Å². The fourth-order valence-corrected chi connectivity index (χ4v) is 4.38. The quantitative estimate of drug-likeness (QED) is 0.244. The van der Waals surface area contributed by atoms with Crippen molar-refractivity contribution < 1.29 is 27.2 Å². The second-order valence-electron chi connectivity index (χ2n) is 6.39. The fourth-order valence-electron chi connectivity index (χ4n) is 2.56. The van der Waals surface area contributed by atoms with E-state index in [0.717, 1.165) is 6.20 Å². The van der Waals surface area contributed by atoms with E-state index in [9.17, 15) is 17.6 Å². The van der Waals surface area contributed by atoms with Gasteiger partial charge in [-0.2, -0.15) is 9.49 Å². The number of nitrogens with one attached hydrogen (secondary N) is 2. The Morgan fingerprint density at radius 3 is 2.69 bits per heavy atom. The summed E-state index contributed by atoms with van der Waals surface area (Å²) in [5, 5.41) is 12.4. The SMILES string of the molecule is COCCCS(=O)(=O)c1ccc(/C(=N\OCc2cc[nH]n2)C(=O)Nc2ncc(F)s2)cc1. The number of halogens is 1. The summed E-state index contributed by atoms with van der Waals surface area (Å²) in [5.74, 6) is -0.763. The van der Waals surface area contributed by atoms with E-state index in [-0.39, 0.29) is 28.1 Å². The topological polar surface area (TPSA) is 136 Å². The van der Waals surface area contributed by atoms with Crippen LogP contribution in [0.15, 0.2) is 52.8 Å². The van der Waals surface area contributed by atoms with Gasteiger partial charge in [0.1, 0.15) is 5.69 Å². The van der Waals surface area contributed by atoms with E-state index >= 15 is 0 Å². The summed E-state index contributed by atoms with van der Waals surface area (Å²) in [5.41, 5.74) is 0.727. The molecule has 2 heterocycles. The lowest BCUT2D eigenvalue weighted by molar-refractivity contribution is -0.110. The number of H-pyrrole nitrogens is 1. The molecule has 0 aliphatic rings. The number of aromatic nitrogens is 3. The Balaban J connectivity index is 1.80. The fraction of sp³-hybridized carbons (Fsp3) is 0.263. The highest BCUT2D eigenvalue weighted by Gasteiger charge is 2.20. The molecule has 10 nitrogen and oxygen atoms in total. The highest BCUT2D eigenvalue weighted by Crippen LogP contribution is 2.18. The molecule has 0 unspecified atom stereocenters. The lowest BCUT2D eigenvalue weighted by Crippen LogP contribution is -2.24. The van der Waals surface area contributed by atoms with Gasteiger partial charge >= 0.3 is 0 Å². The van der Waals surface area contributed by atoms with Gasteiger partial charge in [0.2, 0.25) is 0 Å². The summed E-state index contributed by atoms with van der Waals surface area (Å²) in [4.78, 5) is 21.8. The Kier molecular flexibility index (Phi) is 8.03. The summed E-state index contributed by atoms with van der Waals surface area (Å²) in [6, 6.07) is 7.34. The highest BCUT2D eigenvalue weighted by molar-refractivity contribution is 7.91. The van der Waals surface area contributed by atoms with Crippen LogP contribution in [0.1, 0.15) is 17.7 Å². The van der Waals surface area contributed by atoms with Crippen LogP contribution >= 0.6 is 11.3 Å². The summed E-state index contributed by atoms with van der Waals surface area (Å²) in [7, 11) is -2.00. The first-order valence-electron chi connectivity index (χ1n) is 9.32. The molecule has 2 N–H and O–H groups in total. The molecule has 32 heavy (non-hydrogen) atoms. The summed E-state index contributed by atoms with van der Waals surface area (Å²) in [6.45, 7) is 0.330. The molecule has 3 aromatic rings. The van der Waals surface area contributed by atoms with Gasteiger partial charge in [-0.1, -0.05) is 28.6 Å². The van der Waals surface area contributed by atoms with E-state index in [1.807, 2.05) is 0 Å². The zero-order valence-electron chi connectivity index (χ0n) is 16.9. The molecule has 3 rings (SSSR count). The van der Waals surface area contributed by atoms with E-state index in [0.29, 0.717) is 35.6 Å². The molecule has 1 amide bonds. The molecule has 2 aromatic heterocycles. The van der Waals surface area contributed by atoms with Gasteiger partial charge in [-0.25, -0.2) is 13.4 Å². The molecular formula is C19H20FN5O5S2. The molecule has 170 valence electrons. The summed E-state index contributed by atoms with van der Waals surface area (Å²) < 4.78 is 42.9. The standard InChI is InChI=1S/C19H20FN5O5S2/c1-29-9-2-10-32(27,28)15-5-3-13(4-6-15)17(25-30-12-14-7-8-22-24-14)18(26)23-19-21-11-16(20)31-19/h3-8,11H,2,9-10,12H2,1H3,(H,22,24)(H,21,23,26)/b25-17+. The monoisotopic (exact) mass is 481 g/mol. The van der Waals surface area contributed by atoms with Crippen LogP contribution in [0.2, 0.25) is 0 Å². The molecule has 0 radical (unpaired) electrons. The molecule has 13 heteroatoms. The van der Waals surface area contributed by atoms with Crippen LogP contribution < -0.4 is 5.32 Å². The third-order valence-corrected chi connectivity index (χ3v) is 6.61. The number of benzene rings is 1. The Labute approximate surface area is 187 Å². The van der Waals surface area contributed by atoms with Crippen molar-refractivity contribution in [2.45, 2.75) is 17.9 Å². The first-order chi connectivity index (χ1) is 15.4. The van der Waals surface area contributed by atoms with Gasteiger partial charge in [-0.15, -0.1) is 0 Å². The average molecular weight is 482 g/mol. The van der Waals surface area contributed by atoms with Crippen molar-refractivity contribution in [3.8, 4) is 0 Å². The molecule has 0 atom stereocenters. The highest BCUT2D eigenvalue weighted by atomic mass is 32.2. The number of carbonyl (C=O) groups excluding carboxylic acids is 1.